The van der Waals surface area contributed by atoms with Crippen LogP contribution in [0.25, 0.3) is 0 Å². The van der Waals surface area contributed by atoms with Crippen LogP contribution in [0.4, 0.5) is 34.1 Å². The highest BCUT2D eigenvalue weighted by Gasteiger charge is 2.54. The molecule has 0 saturated heterocycles. The number of nitrogens with zero attached hydrogens (tertiary/aromatic N) is 2. The minimum Gasteiger partial charge on any atom is -0.312 e. The van der Waals surface area contributed by atoms with Crippen molar-refractivity contribution in [3.05, 3.63) is 214 Å². The van der Waals surface area contributed by atoms with Crippen molar-refractivity contribution in [2.24, 2.45) is 0 Å². The molecule has 0 saturated carbocycles. The lowest BCUT2D eigenvalue weighted by Gasteiger charge is -2.51. The number of anilines is 6. The monoisotopic (exact) mass is 1060 g/mol. The minimum absolute atomic E-state index is 0.0323. The van der Waals surface area contributed by atoms with Gasteiger partial charge in [-0.25, -0.2) is 0 Å². The van der Waals surface area contributed by atoms with Gasteiger partial charge in [0.2, 0.25) is 13.4 Å². The molecule has 0 unspecified atom stereocenters. The number of alkyl halides is 6. The molecule has 6 heterocycles. The molecular formula is C62H54B2Cl6N2. The van der Waals surface area contributed by atoms with Crippen LogP contribution < -0.4 is 42.6 Å². The smallest absolute Gasteiger partial charge is 0.248 e. The third-order valence-corrected chi connectivity index (χ3v) is 16.7. The van der Waals surface area contributed by atoms with Gasteiger partial charge in [-0.2, -0.15) is 0 Å². The van der Waals surface area contributed by atoms with Crippen molar-refractivity contribution in [1.82, 2.24) is 0 Å². The Morgan fingerprint density at radius 3 is 0.694 bits per heavy atom. The summed E-state index contributed by atoms with van der Waals surface area (Å²) in [6.45, 7) is 19.9. The molecule has 6 aliphatic rings. The predicted molar refractivity (Wildman–Crippen MR) is 316 cm³/mol. The summed E-state index contributed by atoms with van der Waals surface area (Å²) in [6, 6.07) is 63.6. The van der Waals surface area contributed by atoms with Gasteiger partial charge in [0.25, 0.3) is 0 Å². The fourth-order valence-electron chi connectivity index (χ4n) is 13.7. The summed E-state index contributed by atoms with van der Waals surface area (Å²) in [7, 11) is 0. The van der Waals surface area contributed by atoms with Gasteiger partial charge in [0.15, 0.2) is 8.59 Å². The van der Waals surface area contributed by atoms with Gasteiger partial charge in [-0.1, -0.05) is 257 Å². The van der Waals surface area contributed by atoms with Crippen LogP contribution in [0.2, 0.25) is 0 Å². The first kappa shape index (κ1) is 49.4. The van der Waals surface area contributed by atoms with Crippen molar-refractivity contribution in [2.75, 3.05) is 9.80 Å². The van der Waals surface area contributed by atoms with E-state index < -0.39 is 8.59 Å². The Morgan fingerprint density at radius 2 is 0.472 bits per heavy atom. The Bertz CT molecular complexity index is 3040. The zero-order chi connectivity index (χ0) is 50.8. The lowest BCUT2D eigenvalue weighted by molar-refractivity contribution is 0.621. The molecule has 6 aliphatic heterocycles. The molecule has 0 aromatic heterocycles. The summed E-state index contributed by atoms with van der Waals surface area (Å²) < 4.78 is -1.50. The maximum absolute atomic E-state index is 4.81. The Labute approximate surface area is 456 Å². The molecule has 0 radical (unpaired) electrons. The molecule has 14 rings (SSSR count). The molecule has 0 amide bonds. The highest BCUT2D eigenvalue weighted by molar-refractivity contribution is 7.00. The molecule has 0 bridgehead atoms. The van der Waals surface area contributed by atoms with Crippen LogP contribution in [0.1, 0.15) is 99.9 Å². The summed E-state index contributed by atoms with van der Waals surface area (Å²) in [5.74, 6) is 0. The average molecular weight is 1060 g/mol. The largest absolute Gasteiger partial charge is 0.312 e. The van der Waals surface area contributed by atoms with Crippen LogP contribution in [0, 0.1) is 0 Å². The van der Waals surface area contributed by atoms with Crippen LogP contribution in [0.3, 0.4) is 0 Å². The predicted octanol–water partition coefficient (Wildman–Crippen LogP) is 14.5. The van der Waals surface area contributed by atoms with E-state index in [2.05, 4.69) is 235 Å². The maximum Gasteiger partial charge on any atom is 0.248 e. The van der Waals surface area contributed by atoms with E-state index in [1.54, 1.807) is 10.9 Å². The maximum atomic E-state index is 4.81. The number of benzene rings is 8. The second-order valence-corrected chi connectivity index (χ2v) is 25.6. The quantitative estimate of drug-likeness (QED) is 0.126. The van der Waals surface area contributed by atoms with Gasteiger partial charge < -0.3 is 9.80 Å². The Kier molecular flexibility index (Phi) is 12.3. The van der Waals surface area contributed by atoms with Crippen LogP contribution >= 0.6 is 69.6 Å². The van der Waals surface area contributed by atoms with Crippen LogP contribution in [-0.2, 0) is 21.7 Å². The van der Waals surface area contributed by atoms with Crippen molar-refractivity contribution in [3.8, 4) is 0 Å². The van der Waals surface area contributed by atoms with E-state index >= 15 is 0 Å². The zero-order valence-corrected chi connectivity index (χ0v) is 46.2. The van der Waals surface area contributed by atoms with E-state index in [0.717, 1.165) is 0 Å². The lowest BCUT2D eigenvalue weighted by Crippen LogP contribution is -2.69. The van der Waals surface area contributed by atoms with Gasteiger partial charge in [-0.05, 0) is 115 Å². The number of hydrogen-bond acceptors (Lipinski definition) is 2. The van der Waals surface area contributed by atoms with E-state index in [1.807, 2.05) is 0 Å². The zero-order valence-electron chi connectivity index (χ0n) is 41.6. The first-order valence-electron chi connectivity index (χ1n) is 24.7. The second-order valence-electron chi connectivity index (χ2n) is 21.7. The van der Waals surface area contributed by atoms with Gasteiger partial charge in [0, 0.05) is 55.8 Å². The summed E-state index contributed by atoms with van der Waals surface area (Å²) in [4.78, 5) is 5.00. The van der Waals surface area contributed by atoms with Crippen molar-refractivity contribution >= 4 is 150 Å². The molecule has 0 spiro atoms. The number of rotatable bonds is 2. The van der Waals surface area contributed by atoms with Crippen molar-refractivity contribution in [2.45, 2.75) is 85.6 Å². The van der Waals surface area contributed by atoms with Gasteiger partial charge in [-0.3, -0.25) is 0 Å². The molecule has 8 aromatic carbocycles. The molecular weight excluding hydrogens is 1010 g/mol. The van der Waals surface area contributed by atoms with Gasteiger partial charge in [0.1, 0.15) is 0 Å². The molecule has 72 heavy (non-hydrogen) atoms. The minimum atomic E-state index is -0.750. The van der Waals surface area contributed by atoms with Crippen molar-refractivity contribution in [3.63, 3.8) is 0 Å². The van der Waals surface area contributed by atoms with Crippen LogP contribution in [-0.4, -0.2) is 22.0 Å². The first-order valence-corrected chi connectivity index (χ1v) is 27.3. The molecule has 8 aromatic rings. The van der Waals surface area contributed by atoms with Gasteiger partial charge >= 0.3 is 0 Å². The van der Waals surface area contributed by atoms with Gasteiger partial charge in [-0.15, -0.1) is 0 Å². The van der Waals surface area contributed by atoms with E-state index in [1.165, 1.54) is 100 Å². The normalized spacial score (nSPS) is 16.8. The standard InChI is InChI=1S/2C30H26BN.2CHCl3/c2*1-29(2)20-13-8-14-21-26(20)31-27-22(29)15-9-17-24(27)32(19-11-6-5-7-12-19)25-18-10-16-23(28(25)31)30(21,3)4;2*2-1(3)4/h2*5-18H,1-4H3;2*1H. The van der Waals surface area contributed by atoms with E-state index in [-0.39, 0.29) is 21.7 Å². The van der Waals surface area contributed by atoms with Gasteiger partial charge in [0.05, 0.1) is 0 Å². The van der Waals surface area contributed by atoms with E-state index in [9.17, 15) is 0 Å². The molecule has 0 atom stereocenters. The Hall–Kier alpha value is -4.77. The van der Waals surface area contributed by atoms with Crippen LogP contribution in [0.5, 0.6) is 0 Å². The van der Waals surface area contributed by atoms with E-state index in [4.69, 9.17) is 69.6 Å². The highest BCUT2D eigenvalue weighted by Crippen LogP contribution is 2.49. The Morgan fingerprint density at radius 1 is 0.278 bits per heavy atom. The fraction of sp³-hybridized carbons (Fsp3) is 0.226. The summed E-state index contributed by atoms with van der Waals surface area (Å²) in [5.41, 5.74) is 28.6. The van der Waals surface area contributed by atoms with Crippen LogP contribution in [0.15, 0.2) is 170 Å². The molecule has 10 heteroatoms. The SMILES string of the molecule is CC1(C)c2cccc3c2B2c4c(cccc4C(C)(C)c4cccc1c42)N3c1ccccc1.CC1(C)c2cccc3c2B2c4c(cccc4C(C)(C)c4cccc1c42)N3c1ccccc1.ClC(Cl)Cl.ClC(Cl)Cl. The molecule has 0 N–H and O–H groups in total. The third-order valence-electron chi connectivity index (χ3n) is 16.7. The number of halogens is 6. The molecule has 2 nitrogen and oxygen atoms in total. The average Bonchev–Trinajstić information content (AvgIpc) is 3.35. The first-order chi connectivity index (χ1) is 34.3. The van der Waals surface area contributed by atoms with E-state index in [0.29, 0.717) is 13.4 Å². The molecule has 360 valence electrons. The lowest BCUT2D eigenvalue weighted by atomic mass is 9.26. The topological polar surface area (TPSA) is 6.48 Å². The Balaban J connectivity index is 0.000000136. The third kappa shape index (κ3) is 7.36. The summed E-state index contributed by atoms with van der Waals surface area (Å²) in [6.07, 6.45) is 0. The fourth-order valence-corrected chi connectivity index (χ4v) is 13.7. The number of para-hydroxylation sites is 2. The molecule has 0 fully saturated rings. The molecule has 0 aliphatic carbocycles. The highest BCUT2D eigenvalue weighted by atomic mass is 35.6. The van der Waals surface area contributed by atoms with Crippen molar-refractivity contribution < 1.29 is 0 Å². The van der Waals surface area contributed by atoms with Crippen molar-refractivity contribution in [1.29, 1.82) is 0 Å². The summed E-state index contributed by atoms with van der Waals surface area (Å²) >= 11 is 28.8. The number of hydrogen-bond donors (Lipinski definition) is 0. The second kappa shape index (κ2) is 18.0. The summed E-state index contributed by atoms with van der Waals surface area (Å²) in [5, 5.41) is 0.